The Hall–Kier alpha value is -2.57. The van der Waals surface area contributed by atoms with E-state index in [1.54, 1.807) is 18.9 Å². The van der Waals surface area contributed by atoms with Crippen molar-refractivity contribution in [2.45, 2.75) is 25.4 Å². The Kier molecular flexibility index (Phi) is 7.43. The first-order chi connectivity index (χ1) is 13.0. The minimum atomic E-state index is -0.548. The molecule has 0 spiro atoms. The molecule has 3 unspecified atom stereocenters. The highest BCUT2D eigenvalue weighted by Gasteiger charge is 2.36. The predicted octanol–water partition coefficient (Wildman–Crippen LogP) is 2.67. The highest BCUT2D eigenvalue weighted by atomic mass is 35.5. The van der Waals surface area contributed by atoms with Crippen molar-refractivity contribution in [2.75, 3.05) is 18.6 Å². The predicted molar refractivity (Wildman–Crippen MR) is 112 cm³/mol. The number of anilines is 1. The van der Waals surface area contributed by atoms with Crippen molar-refractivity contribution in [1.82, 2.24) is 5.32 Å². The van der Waals surface area contributed by atoms with Gasteiger partial charge in [0.05, 0.1) is 18.7 Å². The second kappa shape index (κ2) is 9.57. The zero-order valence-corrected chi connectivity index (χ0v) is 16.8. The van der Waals surface area contributed by atoms with Crippen molar-refractivity contribution in [1.29, 1.82) is 0 Å². The number of carbonyl (C=O) groups is 2. The van der Waals surface area contributed by atoms with Crippen LogP contribution in [0.4, 0.5) is 5.69 Å². The molecule has 1 aliphatic rings. The molecular weight excluding hydrogens is 378 g/mol. The van der Waals surface area contributed by atoms with E-state index in [2.05, 4.69) is 5.32 Å². The van der Waals surface area contributed by atoms with Crippen LogP contribution in [0.15, 0.2) is 54.6 Å². The van der Waals surface area contributed by atoms with E-state index in [1.807, 2.05) is 54.6 Å². The molecule has 3 N–H and O–H groups in total. The zero-order valence-electron chi connectivity index (χ0n) is 16.0. The molecule has 3 rings (SSSR count). The number of hydrogen-bond donors (Lipinski definition) is 2. The Morgan fingerprint density at radius 3 is 2.50 bits per heavy atom. The summed E-state index contributed by atoms with van der Waals surface area (Å²) < 4.78 is 5.34. The van der Waals surface area contributed by atoms with Gasteiger partial charge in [-0.05, 0) is 24.1 Å². The Morgan fingerprint density at radius 2 is 1.82 bits per heavy atom. The normalized spacial score (nSPS) is 18.2. The van der Waals surface area contributed by atoms with Gasteiger partial charge in [-0.1, -0.05) is 49.4 Å². The van der Waals surface area contributed by atoms with Gasteiger partial charge in [-0.25, -0.2) is 0 Å². The van der Waals surface area contributed by atoms with Crippen LogP contribution in [0.1, 0.15) is 24.9 Å². The van der Waals surface area contributed by atoms with E-state index in [-0.39, 0.29) is 24.2 Å². The van der Waals surface area contributed by atoms with Crippen LogP contribution in [0.3, 0.4) is 0 Å². The van der Waals surface area contributed by atoms with Gasteiger partial charge in [0.2, 0.25) is 11.8 Å². The minimum Gasteiger partial charge on any atom is -0.495 e. The number of methoxy groups -OCH3 is 1. The maximum Gasteiger partial charge on any atom is 0.249 e. The highest BCUT2D eigenvalue weighted by molar-refractivity contribution is 6.02. The van der Waals surface area contributed by atoms with Crippen molar-refractivity contribution in [3.63, 3.8) is 0 Å². The van der Waals surface area contributed by atoms with Crippen molar-refractivity contribution >= 4 is 29.9 Å². The number of benzene rings is 2. The average molecular weight is 404 g/mol. The first kappa shape index (κ1) is 21.7. The third-order valence-corrected chi connectivity index (χ3v) is 5.03. The molecule has 1 fully saturated rings. The fourth-order valence-corrected chi connectivity index (χ4v) is 3.34. The van der Waals surface area contributed by atoms with Crippen molar-refractivity contribution in [3.8, 4) is 5.75 Å². The quantitative estimate of drug-likeness (QED) is 0.776. The summed E-state index contributed by atoms with van der Waals surface area (Å²) in [6.45, 7) is 2.31. The van der Waals surface area contributed by atoms with Crippen LogP contribution in [-0.4, -0.2) is 31.5 Å². The summed E-state index contributed by atoms with van der Waals surface area (Å²) in [6.07, 6.45) is 0.552. The number of ether oxygens (including phenoxy) is 1. The minimum absolute atomic E-state index is 0. The number of carbonyl (C=O) groups excluding carboxylic acids is 2. The maximum atomic E-state index is 12.8. The molecule has 0 saturated carbocycles. The number of nitrogens with two attached hydrogens (primary N) is 1. The molecule has 0 aromatic heterocycles. The molecule has 28 heavy (non-hydrogen) atoms. The van der Waals surface area contributed by atoms with Crippen LogP contribution >= 0.6 is 12.4 Å². The molecule has 1 aliphatic heterocycles. The first-order valence-electron chi connectivity index (χ1n) is 9.08. The molecular formula is C21H26ClN3O3. The number of halogens is 1. The van der Waals surface area contributed by atoms with E-state index in [1.165, 1.54) is 0 Å². The van der Waals surface area contributed by atoms with E-state index in [0.717, 1.165) is 11.3 Å². The van der Waals surface area contributed by atoms with E-state index in [4.69, 9.17) is 10.5 Å². The summed E-state index contributed by atoms with van der Waals surface area (Å²) in [5.41, 5.74) is 7.85. The zero-order chi connectivity index (χ0) is 19.4. The summed E-state index contributed by atoms with van der Waals surface area (Å²) >= 11 is 0. The molecule has 6 nitrogen and oxygen atoms in total. The van der Waals surface area contributed by atoms with E-state index >= 15 is 0 Å². The third kappa shape index (κ3) is 4.46. The lowest BCUT2D eigenvalue weighted by atomic mass is 9.94. The van der Waals surface area contributed by atoms with Crippen molar-refractivity contribution < 1.29 is 14.3 Å². The smallest absolute Gasteiger partial charge is 0.249 e. The van der Waals surface area contributed by atoms with Gasteiger partial charge in [0.15, 0.2) is 0 Å². The van der Waals surface area contributed by atoms with E-state index in [9.17, 15) is 9.59 Å². The molecule has 2 amide bonds. The standard InChI is InChI=1S/C21H25N3O3.ClH/c1-14(19(22)15-8-4-3-5-9-15)20(25)23-16-12-13-24(21(16)26)17-10-6-7-11-18(17)27-2;/h3-11,14,16,19H,12-13,22H2,1-2H3,(H,23,25);1H. The number of para-hydroxylation sites is 2. The molecule has 3 atom stereocenters. The molecule has 150 valence electrons. The molecule has 1 saturated heterocycles. The third-order valence-electron chi connectivity index (χ3n) is 5.03. The second-order valence-corrected chi connectivity index (χ2v) is 6.74. The van der Waals surface area contributed by atoms with E-state index < -0.39 is 18.0 Å². The molecule has 0 radical (unpaired) electrons. The Labute approximate surface area is 171 Å². The number of nitrogens with one attached hydrogen (secondary N) is 1. The van der Waals surface area contributed by atoms with Crippen LogP contribution in [0, 0.1) is 5.92 Å². The largest absolute Gasteiger partial charge is 0.495 e. The van der Waals surface area contributed by atoms with E-state index in [0.29, 0.717) is 18.7 Å². The molecule has 0 bridgehead atoms. The number of hydrogen-bond acceptors (Lipinski definition) is 4. The maximum absolute atomic E-state index is 12.8. The summed E-state index contributed by atoms with van der Waals surface area (Å²) in [7, 11) is 1.57. The van der Waals surface area contributed by atoms with Gasteiger partial charge in [0, 0.05) is 12.6 Å². The highest BCUT2D eigenvalue weighted by Crippen LogP contribution is 2.31. The van der Waals surface area contributed by atoms with Crippen LogP contribution < -0.4 is 20.7 Å². The fraction of sp³-hybridized carbons (Fsp3) is 0.333. The SMILES string of the molecule is COc1ccccc1N1CCC(NC(=O)C(C)C(N)c2ccccc2)C1=O.Cl. The van der Waals surface area contributed by atoms with Gasteiger partial charge < -0.3 is 20.7 Å². The lowest BCUT2D eigenvalue weighted by molar-refractivity contribution is -0.129. The number of nitrogens with zero attached hydrogens (tertiary/aromatic N) is 1. The van der Waals surface area contributed by atoms with Gasteiger partial charge in [-0.15, -0.1) is 12.4 Å². The van der Waals surface area contributed by atoms with Crippen LogP contribution in [0.5, 0.6) is 5.75 Å². The first-order valence-corrected chi connectivity index (χ1v) is 9.08. The topological polar surface area (TPSA) is 84.7 Å². The number of amides is 2. The molecule has 2 aromatic carbocycles. The Balaban J connectivity index is 0.00000280. The second-order valence-electron chi connectivity index (χ2n) is 6.74. The molecule has 0 aliphatic carbocycles. The van der Waals surface area contributed by atoms with Gasteiger partial charge in [-0.3, -0.25) is 9.59 Å². The summed E-state index contributed by atoms with van der Waals surface area (Å²) in [5, 5.41) is 2.87. The number of rotatable bonds is 6. The van der Waals surface area contributed by atoms with Crippen LogP contribution in [-0.2, 0) is 9.59 Å². The lowest BCUT2D eigenvalue weighted by Crippen LogP contribution is -2.45. The molecule has 2 aromatic rings. The lowest BCUT2D eigenvalue weighted by Gasteiger charge is -2.22. The fourth-order valence-electron chi connectivity index (χ4n) is 3.34. The van der Waals surface area contributed by atoms with Crippen LogP contribution in [0.2, 0.25) is 0 Å². The van der Waals surface area contributed by atoms with Crippen molar-refractivity contribution in [3.05, 3.63) is 60.2 Å². The molecule has 7 heteroatoms. The Morgan fingerprint density at radius 1 is 1.18 bits per heavy atom. The van der Waals surface area contributed by atoms with Crippen molar-refractivity contribution in [2.24, 2.45) is 11.7 Å². The van der Waals surface area contributed by atoms with Gasteiger partial charge in [0.25, 0.3) is 0 Å². The molecule has 1 heterocycles. The monoisotopic (exact) mass is 403 g/mol. The van der Waals surface area contributed by atoms with Gasteiger partial charge >= 0.3 is 0 Å². The summed E-state index contributed by atoms with van der Waals surface area (Å²) in [6, 6.07) is 15.9. The summed E-state index contributed by atoms with van der Waals surface area (Å²) in [4.78, 5) is 27.1. The average Bonchev–Trinajstić information content (AvgIpc) is 3.07. The summed E-state index contributed by atoms with van der Waals surface area (Å²) in [5.74, 6) is -0.155. The van der Waals surface area contributed by atoms with Gasteiger partial charge in [0.1, 0.15) is 11.8 Å². The Bertz CT molecular complexity index is 816. The van der Waals surface area contributed by atoms with Gasteiger partial charge in [-0.2, -0.15) is 0 Å². The van der Waals surface area contributed by atoms with Crippen LogP contribution in [0.25, 0.3) is 0 Å².